The lowest BCUT2D eigenvalue weighted by Gasteiger charge is -2.33. The molecule has 7 heteroatoms. The number of hydrogen-bond donors (Lipinski definition) is 0. The van der Waals surface area contributed by atoms with Gasteiger partial charge >= 0.3 is 17.9 Å². The van der Waals surface area contributed by atoms with Crippen molar-refractivity contribution in [3.63, 3.8) is 0 Å². The second-order valence-corrected chi connectivity index (χ2v) is 6.20. The first-order chi connectivity index (χ1) is 11.4. The molecule has 3 unspecified atom stereocenters. The van der Waals surface area contributed by atoms with Crippen molar-refractivity contribution < 1.29 is 28.6 Å². The maximum Gasteiger partial charge on any atom is 0.330 e. The fraction of sp³-hybridized carbons (Fsp3) is 0.647. The van der Waals surface area contributed by atoms with Crippen LogP contribution in [0.3, 0.4) is 0 Å². The minimum Gasteiger partial charge on any atom is -0.465 e. The molecule has 0 aromatic rings. The van der Waals surface area contributed by atoms with Crippen LogP contribution in [0.5, 0.6) is 0 Å². The van der Waals surface area contributed by atoms with Crippen LogP contribution in [0, 0.1) is 29.1 Å². The zero-order chi connectivity index (χ0) is 17.7. The van der Waals surface area contributed by atoms with Gasteiger partial charge in [-0.2, -0.15) is 5.26 Å². The van der Waals surface area contributed by atoms with Gasteiger partial charge in [0, 0.05) is 6.08 Å². The molecule has 1 saturated carbocycles. The first-order valence-electron chi connectivity index (χ1n) is 8.04. The number of cyclic esters (lactones) is 1. The third-order valence-corrected chi connectivity index (χ3v) is 4.49. The smallest absolute Gasteiger partial charge is 0.330 e. The SMILES string of the molecule is C=CC(=O)OC1CC(C(=O)OC(C)C(C#N)CC2CCOC2=O)C1. The molecule has 0 bridgehead atoms. The van der Waals surface area contributed by atoms with Crippen molar-refractivity contribution in [3.8, 4) is 6.07 Å². The van der Waals surface area contributed by atoms with E-state index in [4.69, 9.17) is 14.2 Å². The standard InChI is InChI=1S/C17H21NO6/c1-3-15(19)24-14-7-12(8-14)17(21)23-10(2)13(9-18)6-11-4-5-22-16(11)20/h3,10-14H,1,4-8H2,2H3. The summed E-state index contributed by atoms with van der Waals surface area (Å²) in [5.74, 6) is -2.39. The van der Waals surface area contributed by atoms with Crippen LogP contribution in [0.15, 0.2) is 12.7 Å². The molecular weight excluding hydrogens is 314 g/mol. The van der Waals surface area contributed by atoms with E-state index >= 15 is 0 Å². The van der Waals surface area contributed by atoms with Crippen LogP contribution in [0.4, 0.5) is 0 Å². The highest BCUT2D eigenvalue weighted by molar-refractivity contribution is 5.81. The molecule has 1 heterocycles. The quantitative estimate of drug-likeness (QED) is 0.395. The molecule has 130 valence electrons. The Balaban J connectivity index is 1.76. The molecule has 0 amide bonds. The highest BCUT2D eigenvalue weighted by Gasteiger charge is 2.39. The van der Waals surface area contributed by atoms with E-state index in [1.807, 2.05) is 0 Å². The van der Waals surface area contributed by atoms with Crippen LogP contribution in [0.25, 0.3) is 0 Å². The Morgan fingerprint density at radius 2 is 2.21 bits per heavy atom. The third-order valence-electron chi connectivity index (χ3n) is 4.49. The normalized spacial score (nSPS) is 27.8. The summed E-state index contributed by atoms with van der Waals surface area (Å²) in [5.41, 5.74) is 0. The van der Waals surface area contributed by atoms with E-state index in [0.29, 0.717) is 32.3 Å². The molecule has 2 rings (SSSR count). The number of esters is 3. The number of carbonyl (C=O) groups is 3. The Hall–Kier alpha value is -2.36. The Morgan fingerprint density at radius 1 is 1.50 bits per heavy atom. The molecule has 7 nitrogen and oxygen atoms in total. The summed E-state index contributed by atoms with van der Waals surface area (Å²) in [4.78, 5) is 34.6. The fourth-order valence-electron chi connectivity index (χ4n) is 2.84. The molecule has 0 aromatic heterocycles. The van der Waals surface area contributed by atoms with Crippen LogP contribution >= 0.6 is 0 Å². The maximum absolute atomic E-state index is 12.1. The molecule has 1 aliphatic carbocycles. The number of nitriles is 1. The molecule has 0 spiro atoms. The van der Waals surface area contributed by atoms with Gasteiger partial charge in [0.25, 0.3) is 0 Å². The summed E-state index contributed by atoms with van der Waals surface area (Å²) in [5, 5.41) is 9.27. The minimum atomic E-state index is -0.606. The maximum atomic E-state index is 12.1. The minimum absolute atomic E-state index is 0.289. The largest absolute Gasteiger partial charge is 0.465 e. The van der Waals surface area contributed by atoms with Gasteiger partial charge in [-0.05, 0) is 32.6 Å². The molecule has 1 saturated heterocycles. The predicted octanol–water partition coefficient (Wildman–Crippen LogP) is 1.52. The summed E-state index contributed by atoms with van der Waals surface area (Å²) in [6, 6.07) is 2.11. The van der Waals surface area contributed by atoms with Crippen molar-refractivity contribution in [3.05, 3.63) is 12.7 Å². The summed E-state index contributed by atoms with van der Waals surface area (Å²) in [6.45, 7) is 5.34. The summed E-state index contributed by atoms with van der Waals surface area (Å²) in [6.07, 6.45) is 1.94. The van der Waals surface area contributed by atoms with Crippen molar-refractivity contribution in [2.24, 2.45) is 17.8 Å². The van der Waals surface area contributed by atoms with Crippen molar-refractivity contribution in [1.29, 1.82) is 5.26 Å². The van der Waals surface area contributed by atoms with E-state index in [0.717, 1.165) is 6.08 Å². The Bertz CT molecular complexity index is 560. The van der Waals surface area contributed by atoms with E-state index in [2.05, 4.69) is 12.6 Å². The van der Waals surface area contributed by atoms with Gasteiger partial charge in [-0.15, -0.1) is 0 Å². The number of rotatable bonds is 7. The number of carbonyl (C=O) groups excluding carboxylic acids is 3. The van der Waals surface area contributed by atoms with Crippen LogP contribution in [-0.2, 0) is 28.6 Å². The van der Waals surface area contributed by atoms with Crippen molar-refractivity contribution in [2.45, 2.75) is 44.8 Å². The van der Waals surface area contributed by atoms with Crippen LogP contribution in [0.1, 0.15) is 32.6 Å². The number of hydrogen-bond acceptors (Lipinski definition) is 7. The lowest BCUT2D eigenvalue weighted by atomic mass is 9.82. The topological polar surface area (TPSA) is 103 Å². The Kier molecular flexibility index (Phi) is 5.96. The van der Waals surface area contributed by atoms with Crippen molar-refractivity contribution >= 4 is 17.9 Å². The Morgan fingerprint density at radius 3 is 2.75 bits per heavy atom. The van der Waals surface area contributed by atoms with Gasteiger partial charge in [-0.1, -0.05) is 6.58 Å². The third kappa shape index (κ3) is 4.34. The van der Waals surface area contributed by atoms with E-state index in [1.165, 1.54) is 0 Å². The molecule has 1 aliphatic heterocycles. The van der Waals surface area contributed by atoms with Gasteiger partial charge in [0.05, 0.1) is 30.4 Å². The molecule has 2 fully saturated rings. The second-order valence-electron chi connectivity index (χ2n) is 6.20. The molecule has 0 N–H and O–H groups in total. The molecule has 24 heavy (non-hydrogen) atoms. The van der Waals surface area contributed by atoms with Gasteiger partial charge in [0.1, 0.15) is 12.2 Å². The summed E-state index contributed by atoms with van der Waals surface area (Å²) < 4.78 is 15.3. The summed E-state index contributed by atoms with van der Waals surface area (Å²) >= 11 is 0. The first-order valence-corrected chi connectivity index (χ1v) is 8.04. The van der Waals surface area contributed by atoms with Gasteiger partial charge in [-0.25, -0.2) is 4.79 Å². The van der Waals surface area contributed by atoms with Crippen LogP contribution in [0.2, 0.25) is 0 Å². The van der Waals surface area contributed by atoms with Gasteiger partial charge in [-0.3, -0.25) is 9.59 Å². The van der Waals surface area contributed by atoms with E-state index < -0.39 is 24.0 Å². The van der Waals surface area contributed by atoms with Crippen LogP contribution in [-0.4, -0.2) is 36.7 Å². The zero-order valence-corrected chi connectivity index (χ0v) is 13.6. The molecule has 3 atom stereocenters. The van der Waals surface area contributed by atoms with Gasteiger partial charge in [0.2, 0.25) is 0 Å². The van der Waals surface area contributed by atoms with Crippen molar-refractivity contribution in [2.75, 3.05) is 6.61 Å². The van der Waals surface area contributed by atoms with E-state index in [1.54, 1.807) is 6.92 Å². The Labute approximate surface area is 140 Å². The fourth-order valence-corrected chi connectivity index (χ4v) is 2.84. The van der Waals surface area contributed by atoms with Gasteiger partial charge < -0.3 is 14.2 Å². The lowest BCUT2D eigenvalue weighted by molar-refractivity contribution is -0.169. The monoisotopic (exact) mass is 335 g/mol. The highest BCUT2D eigenvalue weighted by atomic mass is 16.6. The molecule has 2 aliphatic rings. The zero-order valence-electron chi connectivity index (χ0n) is 13.6. The molecule has 0 aromatic carbocycles. The lowest BCUT2D eigenvalue weighted by Crippen LogP contribution is -2.40. The van der Waals surface area contributed by atoms with E-state index in [-0.39, 0.29) is 23.9 Å². The molecular formula is C17H21NO6. The van der Waals surface area contributed by atoms with Gasteiger partial charge in [0.15, 0.2) is 0 Å². The molecule has 0 radical (unpaired) electrons. The predicted molar refractivity (Wildman–Crippen MR) is 81.1 cm³/mol. The summed E-state index contributed by atoms with van der Waals surface area (Å²) in [7, 11) is 0. The average Bonchev–Trinajstić information content (AvgIpc) is 2.92. The van der Waals surface area contributed by atoms with Crippen LogP contribution < -0.4 is 0 Å². The number of nitrogens with zero attached hydrogens (tertiary/aromatic N) is 1. The second kappa shape index (κ2) is 7.95. The highest BCUT2D eigenvalue weighted by Crippen LogP contribution is 2.32. The first kappa shape index (κ1) is 18.0. The average molecular weight is 335 g/mol. The number of ether oxygens (including phenoxy) is 3. The van der Waals surface area contributed by atoms with E-state index in [9.17, 15) is 19.6 Å². The van der Waals surface area contributed by atoms with Crippen molar-refractivity contribution in [1.82, 2.24) is 0 Å².